The van der Waals surface area contributed by atoms with E-state index in [-0.39, 0.29) is 11.5 Å². The average Bonchev–Trinajstić information content (AvgIpc) is 2.69. The van der Waals surface area contributed by atoms with Gasteiger partial charge in [-0.2, -0.15) is 0 Å². The zero-order chi connectivity index (χ0) is 19.9. The molecule has 1 aliphatic rings. The minimum Gasteiger partial charge on any atom is -0.379 e. The Balaban J connectivity index is 1.51. The largest absolute Gasteiger partial charge is 0.379 e. The van der Waals surface area contributed by atoms with E-state index >= 15 is 0 Å². The van der Waals surface area contributed by atoms with Gasteiger partial charge in [-0.3, -0.25) is 14.5 Å². The van der Waals surface area contributed by atoms with Gasteiger partial charge in [-0.1, -0.05) is 0 Å². The number of ether oxygens (including phenoxy) is 1. The summed E-state index contributed by atoms with van der Waals surface area (Å²) >= 11 is 0. The lowest BCUT2D eigenvalue weighted by atomic mass is 10.1. The van der Waals surface area contributed by atoms with Gasteiger partial charge in [0.25, 0.3) is 11.8 Å². The van der Waals surface area contributed by atoms with Crippen molar-refractivity contribution in [2.24, 2.45) is 0 Å². The second-order valence-electron chi connectivity index (χ2n) is 6.37. The molecule has 0 aliphatic carbocycles. The van der Waals surface area contributed by atoms with Gasteiger partial charge in [0.1, 0.15) is 11.6 Å². The van der Waals surface area contributed by atoms with Crippen LogP contribution in [0.3, 0.4) is 0 Å². The summed E-state index contributed by atoms with van der Waals surface area (Å²) in [4.78, 5) is 26.5. The van der Waals surface area contributed by atoms with Crippen LogP contribution in [0.15, 0.2) is 42.5 Å². The lowest BCUT2D eigenvalue weighted by Gasteiger charge is -2.26. The predicted molar refractivity (Wildman–Crippen MR) is 100 cm³/mol. The molecule has 2 aromatic carbocycles. The summed E-state index contributed by atoms with van der Waals surface area (Å²) in [7, 11) is 0. The Kier molecular flexibility index (Phi) is 6.67. The third kappa shape index (κ3) is 5.34. The summed E-state index contributed by atoms with van der Waals surface area (Å²) in [5.74, 6) is -2.59. The number of amides is 2. The van der Waals surface area contributed by atoms with Crippen molar-refractivity contribution in [3.63, 3.8) is 0 Å². The highest BCUT2D eigenvalue weighted by Crippen LogP contribution is 2.14. The second kappa shape index (κ2) is 9.38. The first-order valence-electron chi connectivity index (χ1n) is 8.98. The maximum Gasteiger partial charge on any atom is 0.258 e. The minimum atomic E-state index is -0.936. The molecule has 2 amide bonds. The molecule has 0 bridgehead atoms. The maximum atomic E-state index is 13.7. The first-order valence-corrected chi connectivity index (χ1v) is 8.98. The molecule has 0 radical (unpaired) electrons. The normalized spacial score (nSPS) is 14.5. The fraction of sp³-hybridized carbons (Fsp3) is 0.300. The van der Waals surface area contributed by atoms with E-state index in [9.17, 15) is 18.4 Å². The molecule has 0 atom stereocenters. The van der Waals surface area contributed by atoms with Gasteiger partial charge in [-0.15, -0.1) is 0 Å². The number of nitrogens with zero attached hydrogens (tertiary/aromatic N) is 1. The molecule has 8 heteroatoms. The molecular weight excluding hydrogens is 368 g/mol. The van der Waals surface area contributed by atoms with Crippen LogP contribution in [0.2, 0.25) is 0 Å². The van der Waals surface area contributed by atoms with Gasteiger partial charge in [-0.05, 0) is 36.4 Å². The highest BCUT2D eigenvalue weighted by Gasteiger charge is 2.14. The monoisotopic (exact) mass is 389 g/mol. The minimum absolute atomic E-state index is 0.212. The zero-order valence-corrected chi connectivity index (χ0v) is 15.2. The lowest BCUT2D eigenvalue weighted by Crippen LogP contribution is -2.41. The van der Waals surface area contributed by atoms with Crippen molar-refractivity contribution >= 4 is 17.5 Å². The summed E-state index contributed by atoms with van der Waals surface area (Å²) < 4.78 is 31.9. The van der Waals surface area contributed by atoms with Crippen LogP contribution in [-0.4, -0.2) is 56.1 Å². The average molecular weight is 389 g/mol. The van der Waals surface area contributed by atoms with E-state index in [1.54, 1.807) is 24.3 Å². The molecule has 1 aliphatic heterocycles. The van der Waals surface area contributed by atoms with Crippen molar-refractivity contribution in [2.75, 3.05) is 44.7 Å². The molecule has 0 aromatic heterocycles. The van der Waals surface area contributed by atoms with Crippen LogP contribution in [0.25, 0.3) is 0 Å². The van der Waals surface area contributed by atoms with Crippen molar-refractivity contribution in [1.82, 2.24) is 10.2 Å². The number of hydrogen-bond donors (Lipinski definition) is 2. The Hall–Kier alpha value is -2.84. The quantitative estimate of drug-likeness (QED) is 0.795. The number of rotatable bonds is 6. The summed E-state index contributed by atoms with van der Waals surface area (Å²) in [6.45, 7) is 4.43. The second-order valence-corrected chi connectivity index (χ2v) is 6.37. The Morgan fingerprint density at radius 3 is 2.39 bits per heavy atom. The van der Waals surface area contributed by atoms with Gasteiger partial charge in [-0.25, -0.2) is 8.78 Å². The van der Waals surface area contributed by atoms with Crippen LogP contribution in [-0.2, 0) is 4.74 Å². The summed E-state index contributed by atoms with van der Waals surface area (Å²) in [5, 5.41) is 5.37. The topological polar surface area (TPSA) is 70.7 Å². The van der Waals surface area contributed by atoms with Crippen LogP contribution in [0, 0.1) is 11.6 Å². The van der Waals surface area contributed by atoms with E-state index in [0.717, 1.165) is 31.8 Å². The molecule has 1 fully saturated rings. The zero-order valence-electron chi connectivity index (χ0n) is 15.2. The van der Waals surface area contributed by atoms with Gasteiger partial charge in [0.05, 0.1) is 18.8 Å². The number of carbonyl (C=O) groups is 2. The molecule has 1 heterocycles. The summed E-state index contributed by atoms with van der Waals surface area (Å²) in [6.07, 6.45) is 0. The SMILES string of the molecule is O=C(NCCN1CCOCC1)c1ccc(NC(=O)c2ccc(F)cc2F)cc1. The third-order valence-electron chi connectivity index (χ3n) is 4.40. The smallest absolute Gasteiger partial charge is 0.258 e. The number of nitrogens with one attached hydrogen (secondary N) is 2. The summed E-state index contributed by atoms with van der Waals surface area (Å²) in [6, 6.07) is 8.99. The summed E-state index contributed by atoms with van der Waals surface area (Å²) in [5.41, 5.74) is 0.595. The van der Waals surface area contributed by atoms with E-state index in [1.165, 1.54) is 0 Å². The number of halogens is 2. The number of hydrogen-bond acceptors (Lipinski definition) is 4. The highest BCUT2D eigenvalue weighted by atomic mass is 19.1. The highest BCUT2D eigenvalue weighted by molar-refractivity contribution is 6.04. The van der Waals surface area contributed by atoms with Gasteiger partial charge < -0.3 is 15.4 Å². The number of morpholine rings is 1. The van der Waals surface area contributed by atoms with E-state index in [2.05, 4.69) is 15.5 Å². The molecule has 2 N–H and O–H groups in total. The number of anilines is 1. The maximum absolute atomic E-state index is 13.7. The van der Waals surface area contributed by atoms with Crippen LogP contribution in [0.4, 0.5) is 14.5 Å². The Morgan fingerprint density at radius 1 is 1.00 bits per heavy atom. The van der Waals surface area contributed by atoms with E-state index in [1.807, 2.05) is 0 Å². The van der Waals surface area contributed by atoms with E-state index in [0.29, 0.717) is 37.1 Å². The Bertz CT molecular complexity index is 837. The van der Waals surface area contributed by atoms with E-state index in [4.69, 9.17) is 4.74 Å². The van der Waals surface area contributed by atoms with Gasteiger partial charge in [0.2, 0.25) is 0 Å². The van der Waals surface area contributed by atoms with Crippen molar-refractivity contribution in [3.05, 3.63) is 65.2 Å². The molecule has 1 saturated heterocycles. The molecular formula is C20H21F2N3O3. The first kappa shape index (κ1) is 19.9. The molecule has 0 spiro atoms. The molecule has 148 valence electrons. The van der Waals surface area contributed by atoms with Crippen LogP contribution >= 0.6 is 0 Å². The molecule has 28 heavy (non-hydrogen) atoms. The molecule has 0 saturated carbocycles. The Morgan fingerprint density at radius 2 is 1.71 bits per heavy atom. The fourth-order valence-corrected chi connectivity index (χ4v) is 2.83. The number of carbonyl (C=O) groups excluding carboxylic acids is 2. The lowest BCUT2D eigenvalue weighted by molar-refractivity contribution is 0.0383. The third-order valence-corrected chi connectivity index (χ3v) is 4.40. The fourth-order valence-electron chi connectivity index (χ4n) is 2.83. The Labute approximate surface area is 161 Å². The standard InChI is InChI=1S/C20H21F2N3O3/c21-15-3-6-17(18(22)13-15)20(27)24-16-4-1-14(2-5-16)19(26)23-7-8-25-9-11-28-12-10-25/h1-6,13H,7-12H2,(H,23,26)(H,24,27). The molecule has 0 unspecified atom stereocenters. The van der Waals surface area contributed by atoms with Crippen molar-refractivity contribution in [1.29, 1.82) is 0 Å². The van der Waals surface area contributed by atoms with Crippen molar-refractivity contribution in [2.45, 2.75) is 0 Å². The van der Waals surface area contributed by atoms with Crippen LogP contribution < -0.4 is 10.6 Å². The molecule has 2 aromatic rings. The van der Waals surface area contributed by atoms with Crippen molar-refractivity contribution in [3.8, 4) is 0 Å². The first-order chi connectivity index (χ1) is 13.5. The molecule has 6 nitrogen and oxygen atoms in total. The van der Waals surface area contributed by atoms with Crippen LogP contribution in [0.1, 0.15) is 20.7 Å². The molecule has 3 rings (SSSR count). The van der Waals surface area contributed by atoms with Crippen LogP contribution in [0.5, 0.6) is 0 Å². The van der Waals surface area contributed by atoms with Crippen molar-refractivity contribution < 1.29 is 23.1 Å². The van der Waals surface area contributed by atoms with Gasteiger partial charge in [0.15, 0.2) is 0 Å². The number of benzene rings is 2. The van der Waals surface area contributed by atoms with E-state index < -0.39 is 17.5 Å². The predicted octanol–water partition coefficient (Wildman–Crippen LogP) is 2.28. The van der Waals surface area contributed by atoms with Gasteiger partial charge in [0, 0.05) is 43.5 Å². The van der Waals surface area contributed by atoms with Gasteiger partial charge >= 0.3 is 0 Å².